The van der Waals surface area contributed by atoms with Gasteiger partial charge in [0.25, 0.3) is 11.5 Å². The van der Waals surface area contributed by atoms with E-state index in [0.29, 0.717) is 45.8 Å². The van der Waals surface area contributed by atoms with E-state index in [1.54, 1.807) is 31.5 Å². The fourth-order valence-electron chi connectivity index (χ4n) is 4.64. The molecule has 2 aliphatic heterocycles. The van der Waals surface area contributed by atoms with E-state index in [4.69, 9.17) is 27.0 Å². The van der Waals surface area contributed by atoms with Crippen LogP contribution in [0.4, 0.5) is 11.5 Å². The third-order valence-corrected chi connectivity index (χ3v) is 8.06. The third-order valence-electron chi connectivity index (χ3n) is 6.69. The molecule has 10 nitrogen and oxygen atoms in total. The largest absolute Gasteiger partial charge is 0.497 e. The van der Waals surface area contributed by atoms with Crippen molar-refractivity contribution in [2.24, 2.45) is 0 Å². The Balaban J connectivity index is 1.44. The molecule has 0 spiro atoms. The fourth-order valence-corrected chi connectivity index (χ4v) is 5.93. The predicted octanol–water partition coefficient (Wildman–Crippen LogP) is 3.10. The summed E-state index contributed by atoms with van der Waals surface area (Å²) in [7, 11) is 1.64. The van der Waals surface area contributed by atoms with Crippen LogP contribution in [0.5, 0.6) is 5.75 Å². The van der Waals surface area contributed by atoms with Crippen LogP contribution in [0.3, 0.4) is 0 Å². The van der Waals surface area contributed by atoms with Crippen molar-refractivity contribution in [3.63, 3.8) is 0 Å². The molecule has 202 valence electrons. The monoisotopic (exact) mass is 565 g/mol. The van der Waals surface area contributed by atoms with Gasteiger partial charge in [0.1, 0.15) is 21.5 Å². The summed E-state index contributed by atoms with van der Waals surface area (Å²) in [5, 5.41) is 8.93. The first kappa shape index (κ1) is 26.7. The molecular formula is C27H27N5O5S2. The van der Waals surface area contributed by atoms with Gasteiger partial charge in [0.15, 0.2) is 0 Å². The number of carboxylic acid groups (broad SMARTS) is 1. The summed E-state index contributed by atoms with van der Waals surface area (Å²) in [5.74, 6) is 0.0677. The first-order chi connectivity index (χ1) is 18.9. The van der Waals surface area contributed by atoms with Gasteiger partial charge in [0.05, 0.1) is 17.6 Å². The molecular weight excluding hydrogens is 538 g/mol. The van der Waals surface area contributed by atoms with Gasteiger partial charge in [-0.15, -0.1) is 0 Å². The molecule has 0 radical (unpaired) electrons. The molecule has 1 aromatic carbocycles. The molecule has 0 atom stereocenters. The molecule has 1 amide bonds. The van der Waals surface area contributed by atoms with Gasteiger partial charge in [0, 0.05) is 51.0 Å². The number of thioether (sulfide) groups is 1. The SMILES string of the molecule is COc1ccc(N2CCN(c3nc4ccccn4c(=O)c3C=C3SC(=S)N(CCCC(=O)O)C3=O)CC2)cc1. The molecule has 2 aliphatic rings. The number of carbonyl (C=O) groups is 2. The number of nitrogens with zero attached hydrogens (tertiary/aromatic N) is 5. The van der Waals surface area contributed by atoms with E-state index < -0.39 is 5.97 Å². The van der Waals surface area contributed by atoms with E-state index in [9.17, 15) is 14.4 Å². The first-order valence-corrected chi connectivity index (χ1v) is 13.7. The van der Waals surface area contributed by atoms with Crippen LogP contribution < -0.4 is 20.1 Å². The molecule has 12 heteroatoms. The highest BCUT2D eigenvalue weighted by molar-refractivity contribution is 8.26. The second-order valence-corrected chi connectivity index (χ2v) is 10.8. The molecule has 5 rings (SSSR count). The standard InChI is InChI=1S/C27H27N5O5S2/c1-37-19-9-7-18(8-10-19)29-13-15-30(16-14-29)24-20(25(35)31-11-3-2-5-22(31)28-24)17-21-26(36)32(27(38)39-21)12-4-6-23(33)34/h2-3,5,7-11,17H,4,6,12-16H2,1H3,(H,33,34). The lowest BCUT2D eigenvalue weighted by atomic mass is 10.2. The Morgan fingerprint density at radius 3 is 2.51 bits per heavy atom. The number of fused-ring (bicyclic) bond motifs is 1. The molecule has 1 N–H and O–H groups in total. The Bertz CT molecular complexity index is 1510. The number of methoxy groups -OCH3 is 1. The van der Waals surface area contributed by atoms with Gasteiger partial charge < -0.3 is 19.6 Å². The zero-order chi connectivity index (χ0) is 27.5. The number of amides is 1. The maximum atomic E-state index is 13.6. The van der Waals surface area contributed by atoms with Crippen LogP contribution in [0.15, 0.2) is 58.4 Å². The molecule has 2 aromatic heterocycles. The van der Waals surface area contributed by atoms with Gasteiger partial charge in [-0.25, -0.2) is 4.98 Å². The summed E-state index contributed by atoms with van der Waals surface area (Å²) in [6, 6.07) is 13.3. The molecule has 0 saturated carbocycles. The Morgan fingerprint density at radius 1 is 1.10 bits per heavy atom. The number of aromatic nitrogens is 2. The van der Waals surface area contributed by atoms with E-state index in [1.807, 2.05) is 30.3 Å². The minimum atomic E-state index is -0.928. The van der Waals surface area contributed by atoms with Gasteiger partial charge in [-0.2, -0.15) is 0 Å². The predicted molar refractivity (Wildman–Crippen MR) is 156 cm³/mol. The lowest BCUT2D eigenvalue weighted by Gasteiger charge is -2.37. The number of pyridine rings is 1. The fraction of sp³-hybridized carbons (Fsp3) is 0.296. The molecule has 3 aromatic rings. The van der Waals surface area contributed by atoms with Gasteiger partial charge in [0.2, 0.25) is 0 Å². The number of aliphatic carboxylic acids is 1. The number of benzene rings is 1. The van der Waals surface area contributed by atoms with Gasteiger partial charge in [-0.05, 0) is 48.9 Å². The van der Waals surface area contributed by atoms with Gasteiger partial charge >= 0.3 is 5.97 Å². The number of carboxylic acids is 1. The maximum absolute atomic E-state index is 13.6. The first-order valence-electron chi connectivity index (χ1n) is 12.5. The van der Waals surface area contributed by atoms with E-state index >= 15 is 0 Å². The summed E-state index contributed by atoms with van der Waals surface area (Å²) < 4.78 is 7.08. The van der Waals surface area contributed by atoms with Crippen LogP contribution in [0.1, 0.15) is 18.4 Å². The van der Waals surface area contributed by atoms with Gasteiger partial charge in [-0.1, -0.05) is 30.0 Å². The Kier molecular flexibility index (Phi) is 7.84. The molecule has 4 heterocycles. The number of ether oxygens (including phenoxy) is 1. The molecule has 2 fully saturated rings. The second-order valence-electron chi connectivity index (χ2n) is 9.09. The minimum absolute atomic E-state index is 0.0568. The Hall–Kier alpha value is -3.90. The summed E-state index contributed by atoms with van der Waals surface area (Å²) >= 11 is 6.50. The molecule has 39 heavy (non-hydrogen) atoms. The highest BCUT2D eigenvalue weighted by Gasteiger charge is 2.33. The van der Waals surface area contributed by atoms with Crippen molar-refractivity contribution >= 4 is 63.4 Å². The average molecular weight is 566 g/mol. The molecule has 0 bridgehead atoms. The zero-order valence-electron chi connectivity index (χ0n) is 21.3. The van der Waals surface area contributed by atoms with E-state index in [0.717, 1.165) is 36.3 Å². The van der Waals surface area contributed by atoms with Crippen molar-refractivity contribution in [3.05, 3.63) is 69.5 Å². The average Bonchev–Trinajstić information content (AvgIpc) is 3.22. The summed E-state index contributed by atoms with van der Waals surface area (Å²) in [6.45, 7) is 2.95. The quantitative estimate of drug-likeness (QED) is 0.323. The Labute approximate surface area is 234 Å². The highest BCUT2D eigenvalue weighted by atomic mass is 32.2. The van der Waals surface area contributed by atoms with E-state index in [-0.39, 0.29) is 24.4 Å². The number of hydrogen-bond donors (Lipinski definition) is 1. The smallest absolute Gasteiger partial charge is 0.303 e. The summed E-state index contributed by atoms with van der Waals surface area (Å²) in [4.78, 5) is 48.6. The van der Waals surface area contributed by atoms with Crippen molar-refractivity contribution in [1.29, 1.82) is 0 Å². The van der Waals surface area contributed by atoms with Crippen molar-refractivity contribution in [1.82, 2.24) is 14.3 Å². The zero-order valence-corrected chi connectivity index (χ0v) is 22.9. The van der Waals surface area contributed by atoms with Crippen LogP contribution in [0.2, 0.25) is 0 Å². The Morgan fingerprint density at radius 2 is 1.82 bits per heavy atom. The van der Waals surface area contributed by atoms with Crippen LogP contribution in [-0.2, 0) is 9.59 Å². The second kappa shape index (κ2) is 11.5. The minimum Gasteiger partial charge on any atom is -0.497 e. The molecule has 0 aliphatic carbocycles. The summed E-state index contributed by atoms with van der Waals surface area (Å²) in [5.41, 5.74) is 1.66. The van der Waals surface area contributed by atoms with Crippen molar-refractivity contribution in [3.8, 4) is 5.75 Å². The summed E-state index contributed by atoms with van der Waals surface area (Å²) in [6.07, 6.45) is 3.47. The van der Waals surface area contributed by atoms with Gasteiger partial charge in [-0.3, -0.25) is 23.7 Å². The van der Waals surface area contributed by atoms with Crippen molar-refractivity contribution in [2.75, 3.05) is 49.6 Å². The molecule has 2 saturated heterocycles. The van der Waals surface area contributed by atoms with Crippen LogP contribution in [0.25, 0.3) is 11.7 Å². The number of thiocarbonyl (C=S) groups is 1. The van der Waals surface area contributed by atoms with Crippen molar-refractivity contribution < 1.29 is 19.4 Å². The highest BCUT2D eigenvalue weighted by Crippen LogP contribution is 2.34. The molecule has 0 unspecified atom stereocenters. The van der Waals surface area contributed by atoms with Crippen molar-refractivity contribution in [2.45, 2.75) is 12.8 Å². The number of piperazine rings is 1. The third kappa shape index (κ3) is 5.62. The number of hydrogen-bond acceptors (Lipinski definition) is 9. The topological polar surface area (TPSA) is 108 Å². The number of carbonyl (C=O) groups excluding carboxylic acids is 1. The lowest BCUT2D eigenvalue weighted by molar-refractivity contribution is -0.137. The van der Waals surface area contributed by atoms with E-state index in [1.165, 1.54) is 9.30 Å². The van der Waals surface area contributed by atoms with Crippen LogP contribution in [-0.4, -0.2) is 75.4 Å². The number of rotatable bonds is 8. The maximum Gasteiger partial charge on any atom is 0.303 e. The normalized spacial score (nSPS) is 16.9. The number of anilines is 2. The van der Waals surface area contributed by atoms with Crippen LogP contribution >= 0.6 is 24.0 Å². The van der Waals surface area contributed by atoms with Crippen LogP contribution in [0, 0.1) is 0 Å². The van der Waals surface area contributed by atoms with E-state index in [2.05, 4.69) is 9.80 Å². The lowest BCUT2D eigenvalue weighted by Crippen LogP contribution is -2.47.